The van der Waals surface area contributed by atoms with Gasteiger partial charge in [0, 0.05) is 23.5 Å². The Bertz CT molecular complexity index is 471. The molecule has 0 N–H and O–H groups in total. The molecule has 2 rings (SSSR count). The van der Waals surface area contributed by atoms with Crippen LogP contribution in [0, 0.1) is 13.8 Å². The van der Waals surface area contributed by atoms with Crippen LogP contribution in [0.3, 0.4) is 0 Å². The maximum atomic E-state index is 5.99. The van der Waals surface area contributed by atoms with Gasteiger partial charge in [-0.3, -0.25) is 0 Å². The fraction of sp³-hybridized carbons (Fsp3) is 0.231. The highest BCUT2D eigenvalue weighted by Crippen LogP contribution is 2.17. The van der Waals surface area contributed by atoms with E-state index in [1.807, 2.05) is 13.0 Å². The third-order valence-corrected chi connectivity index (χ3v) is 3.06. The minimum absolute atomic E-state index is 0.836. The number of aryl methyl sites for hydroxylation is 2. The van der Waals surface area contributed by atoms with Gasteiger partial charge in [-0.2, -0.15) is 0 Å². The van der Waals surface area contributed by atoms with Crippen molar-refractivity contribution in [3.8, 4) is 0 Å². The number of benzene rings is 1. The molecule has 0 aliphatic rings. The van der Waals surface area contributed by atoms with Gasteiger partial charge in [0.15, 0.2) is 0 Å². The second-order valence-corrected chi connectivity index (χ2v) is 4.27. The molecule has 1 heterocycles. The van der Waals surface area contributed by atoms with Crippen molar-refractivity contribution in [3.05, 3.63) is 58.4 Å². The third-order valence-electron chi connectivity index (χ3n) is 2.63. The smallest absolute Gasteiger partial charge is 0.0472 e. The Balaban J connectivity index is 2.25. The molecule has 0 spiro atoms. The van der Waals surface area contributed by atoms with Crippen molar-refractivity contribution in [3.63, 3.8) is 0 Å². The second-order valence-electron chi connectivity index (χ2n) is 3.86. The molecule has 1 aromatic carbocycles. The van der Waals surface area contributed by atoms with Gasteiger partial charge in [0.25, 0.3) is 0 Å². The number of rotatable bonds is 2. The van der Waals surface area contributed by atoms with E-state index in [1.54, 1.807) is 0 Å². The van der Waals surface area contributed by atoms with Gasteiger partial charge < -0.3 is 4.57 Å². The molecule has 1 nitrogen and oxygen atoms in total. The van der Waals surface area contributed by atoms with Gasteiger partial charge >= 0.3 is 0 Å². The van der Waals surface area contributed by atoms with E-state index in [9.17, 15) is 0 Å². The van der Waals surface area contributed by atoms with E-state index in [-0.39, 0.29) is 0 Å². The van der Waals surface area contributed by atoms with E-state index >= 15 is 0 Å². The van der Waals surface area contributed by atoms with Crippen LogP contribution in [0.1, 0.15) is 16.8 Å². The fourth-order valence-electron chi connectivity index (χ4n) is 1.68. The highest BCUT2D eigenvalue weighted by Gasteiger charge is 2.00. The van der Waals surface area contributed by atoms with Crippen molar-refractivity contribution in [2.75, 3.05) is 0 Å². The van der Waals surface area contributed by atoms with Crippen LogP contribution in [0.25, 0.3) is 0 Å². The lowest BCUT2D eigenvalue weighted by Gasteiger charge is -2.07. The number of aromatic nitrogens is 1. The third kappa shape index (κ3) is 2.24. The molecule has 0 bridgehead atoms. The van der Waals surface area contributed by atoms with E-state index in [2.05, 4.69) is 42.0 Å². The largest absolute Gasteiger partial charge is 0.347 e. The number of halogens is 1. The molecule has 0 unspecified atom stereocenters. The summed E-state index contributed by atoms with van der Waals surface area (Å²) in [6.45, 7) is 5.06. The molecule has 2 heteroatoms. The molecular weight excluding hydrogens is 206 g/mol. The zero-order valence-corrected chi connectivity index (χ0v) is 9.75. The Morgan fingerprint density at radius 1 is 1.20 bits per heavy atom. The van der Waals surface area contributed by atoms with E-state index in [1.165, 1.54) is 11.3 Å². The van der Waals surface area contributed by atoms with Crippen molar-refractivity contribution >= 4 is 11.6 Å². The van der Waals surface area contributed by atoms with Crippen molar-refractivity contribution in [2.45, 2.75) is 20.4 Å². The summed E-state index contributed by atoms with van der Waals surface area (Å²) in [6.07, 6.45) is 2.10. The van der Waals surface area contributed by atoms with Gasteiger partial charge in [-0.05, 0) is 43.2 Å². The average molecular weight is 220 g/mol. The summed E-state index contributed by atoms with van der Waals surface area (Å²) >= 11 is 5.99. The van der Waals surface area contributed by atoms with Gasteiger partial charge in [0.2, 0.25) is 0 Å². The van der Waals surface area contributed by atoms with Crippen molar-refractivity contribution in [2.24, 2.45) is 0 Å². The predicted octanol–water partition coefficient (Wildman–Crippen LogP) is 3.81. The first kappa shape index (κ1) is 10.3. The van der Waals surface area contributed by atoms with Crippen molar-refractivity contribution < 1.29 is 0 Å². The lowest BCUT2D eigenvalue weighted by Crippen LogP contribution is -2.00. The lowest BCUT2D eigenvalue weighted by molar-refractivity contribution is 0.776. The van der Waals surface area contributed by atoms with Gasteiger partial charge in [0.05, 0.1) is 0 Å². The number of hydrogen-bond acceptors (Lipinski definition) is 0. The molecule has 0 aliphatic carbocycles. The highest BCUT2D eigenvalue weighted by atomic mass is 35.5. The summed E-state index contributed by atoms with van der Waals surface area (Å²) in [7, 11) is 0. The monoisotopic (exact) mass is 219 g/mol. The SMILES string of the molecule is Cc1cc(Cn2cccc2C)ccc1Cl. The molecule has 0 atom stereocenters. The second kappa shape index (κ2) is 4.11. The van der Waals surface area contributed by atoms with Crippen LogP contribution in [-0.2, 0) is 6.54 Å². The van der Waals surface area contributed by atoms with Crippen LogP contribution >= 0.6 is 11.6 Å². The lowest BCUT2D eigenvalue weighted by atomic mass is 10.1. The van der Waals surface area contributed by atoms with Gasteiger partial charge in [-0.1, -0.05) is 23.7 Å². The van der Waals surface area contributed by atoms with E-state index in [4.69, 9.17) is 11.6 Å². The molecular formula is C13H14ClN. The minimum atomic E-state index is 0.836. The highest BCUT2D eigenvalue weighted by molar-refractivity contribution is 6.31. The zero-order valence-electron chi connectivity index (χ0n) is 9.00. The molecule has 15 heavy (non-hydrogen) atoms. The summed E-state index contributed by atoms with van der Waals surface area (Å²) in [5, 5.41) is 0.836. The van der Waals surface area contributed by atoms with Crippen molar-refractivity contribution in [1.29, 1.82) is 0 Å². The normalized spacial score (nSPS) is 10.6. The van der Waals surface area contributed by atoms with Crippen LogP contribution in [0.5, 0.6) is 0 Å². The first-order valence-electron chi connectivity index (χ1n) is 5.03. The summed E-state index contributed by atoms with van der Waals surface area (Å²) in [5.41, 5.74) is 3.71. The van der Waals surface area contributed by atoms with Crippen LogP contribution in [-0.4, -0.2) is 4.57 Å². The van der Waals surface area contributed by atoms with E-state index in [0.717, 1.165) is 17.1 Å². The standard InChI is InChI=1S/C13H14ClN/c1-10-8-12(5-6-13(10)14)9-15-7-3-4-11(15)2/h3-8H,9H2,1-2H3. The average Bonchev–Trinajstić information content (AvgIpc) is 2.59. The first-order chi connectivity index (χ1) is 7.16. The number of hydrogen-bond donors (Lipinski definition) is 0. The summed E-state index contributed by atoms with van der Waals surface area (Å²) in [4.78, 5) is 0. The Morgan fingerprint density at radius 2 is 2.00 bits per heavy atom. The zero-order chi connectivity index (χ0) is 10.8. The number of nitrogens with zero attached hydrogens (tertiary/aromatic N) is 1. The molecule has 0 fully saturated rings. The Hall–Kier alpha value is -1.21. The minimum Gasteiger partial charge on any atom is -0.347 e. The van der Waals surface area contributed by atoms with Crippen LogP contribution in [0.4, 0.5) is 0 Å². The Labute approximate surface area is 95.3 Å². The summed E-state index contributed by atoms with van der Waals surface area (Å²) in [5.74, 6) is 0. The molecule has 0 amide bonds. The van der Waals surface area contributed by atoms with Crippen LogP contribution < -0.4 is 0 Å². The topological polar surface area (TPSA) is 4.93 Å². The van der Waals surface area contributed by atoms with Crippen LogP contribution in [0.2, 0.25) is 5.02 Å². The maximum Gasteiger partial charge on any atom is 0.0472 e. The molecule has 0 radical (unpaired) electrons. The molecule has 78 valence electrons. The quantitative estimate of drug-likeness (QED) is 0.724. The van der Waals surface area contributed by atoms with Gasteiger partial charge in [-0.15, -0.1) is 0 Å². The molecule has 0 saturated carbocycles. The van der Waals surface area contributed by atoms with Gasteiger partial charge in [-0.25, -0.2) is 0 Å². The van der Waals surface area contributed by atoms with Crippen LogP contribution in [0.15, 0.2) is 36.5 Å². The molecule has 0 aliphatic heterocycles. The summed E-state index contributed by atoms with van der Waals surface area (Å²) < 4.78 is 2.22. The maximum absolute atomic E-state index is 5.99. The molecule has 0 saturated heterocycles. The fourth-order valence-corrected chi connectivity index (χ4v) is 1.80. The van der Waals surface area contributed by atoms with Crippen molar-refractivity contribution in [1.82, 2.24) is 4.57 Å². The molecule has 1 aromatic heterocycles. The first-order valence-corrected chi connectivity index (χ1v) is 5.41. The Morgan fingerprint density at radius 3 is 2.60 bits per heavy atom. The predicted molar refractivity (Wildman–Crippen MR) is 64.5 cm³/mol. The van der Waals surface area contributed by atoms with E-state index in [0.29, 0.717) is 0 Å². The van der Waals surface area contributed by atoms with Gasteiger partial charge in [0.1, 0.15) is 0 Å². The molecule has 2 aromatic rings. The Kier molecular flexibility index (Phi) is 2.83. The summed E-state index contributed by atoms with van der Waals surface area (Å²) in [6, 6.07) is 10.4. The van der Waals surface area contributed by atoms with E-state index < -0.39 is 0 Å².